The van der Waals surface area contributed by atoms with Gasteiger partial charge in [-0.05, 0) is 23.5 Å². The summed E-state index contributed by atoms with van der Waals surface area (Å²) in [5.41, 5.74) is -18.7. The molecule has 0 amide bonds. The van der Waals surface area contributed by atoms with Crippen LogP contribution in [0.3, 0.4) is 0 Å². The van der Waals surface area contributed by atoms with E-state index in [0.717, 1.165) is 13.8 Å². The van der Waals surface area contributed by atoms with E-state index in [1.54, 1.807) is 0 Å². The van der Waals surface area contributed by atoms with Gasteiger partial charge in [0.1, 0.15) is 0 Å². The second-order valence-electron chi connectivity index (χ2n) is 7.45. The van der Waals surface area contributed by atoms with Gasteiger partial charge in [0, 0.05) is 11.1 Å². The fraction of sp³-hybridized carbons (Fsp3) is 0.647. The topological polar surface area (TPSA) is 40.5 Å². The predicted octanol–water partition coefficient (Wildman–Crippen LogP) is 6.00. The molecule has 0 saturated carbocycles. The number of aliphatic hydroxyl groups is 2. The van der Waals surface area contributed by atoms with Crippen molar-refractivity contribution >= 4 is 0 Å². The van der Waals surface area contributed by atoms with Crippen molar-refractivity contribution in [3.63, 3.8) is 0 Å². The van der Waals surface area contributed by atoms with Gasteiger partial charge in [0.15, 0.2) is 0 Å². The Morgan fingerprint density at radius 1 is 0.548 bits per heavy atom. The first-order valence-corrected chi connectivity index (χ1v) is 8.26. The van der Waals surface area contributed by atoms with Crippen molar-refractivity contribution in [2.24, 2.45) is 0 Å². The molecule has 1 aromatic carbocycles. The summed E-state index contributed by atoms with van der Waals surface area (Å²) in [6, 6.07) is -0.764. The van der Waals surface area contributed by atoms with Crippen LogP contribution in [0.5, 0.6) is 0 Å². The number of benzene rings is 1. The van der Waals surface area contributed by atoms with Gasteiger partial charge >= 0.3 is 24.7 Å². The monoisotopic (exact) mass is 480 g/mol. The fourth-order valence-electron chi connectivity index (χ4n) is 2.62. The molecular weight excluding hydrogens is 464 g/mol. The van der Waals surface area contributed by atoms with Crippen LogP contribution in [-0.4, -0.2) is 34.9 Å². The van der Waals surface area contributed by atoms with Crippen molar-refractivity contribution in [3.05, 3.63) is 34.9 Å². The molecule has 0 aliphatic carbocycles. The molecule has 1 aromatic rings. The first kappa shape index (κ1) is 27.3. The zero-order chi connectivity index (χ0) is 25.1. The van der Waals surface area contributed by atoms with Crippen molar-refractivity contribution in [2.75, 3.05) is 0 Å². The molecule has 0 heterocycles. The van der Waals surface area contributed by atoms with E-state index in [0.29, 0.717) is 0 Å². The van der Waals surface area contributed by atoms with Crippen molar-refractivity contribution < 1.29 is 62.9 Å². The molecule has 0 radical (unpaired) electrons. The lowest BCUT2D eigenvalue weighted by Gasteiger charge is -2.37. The molecule has 0 fully saturated rings. The highest BCUT2D eigenvalue weighted by atomic mass is 19.4. The van der Waals surface area contributed by atoms with Crippen LogP contribution in [0.15, 0.2) is 18.2 Å². The quantitative estimate of drug-likeness (QED) is 0.520. The van der Waals surface area contributed by atoms with Gasteiger partial charge in [-0.2, -0.15) is 52.7 Å². The van der Waals surface area contributed by atoms with Crippen LogP contribution in [0.4, 0.5) is 52.7 Å². The summed E-state index contributed by atoms with van der Waals surface area (Å²) in [5.74, 6) is 0. The minimum Gasteiger partial charge on any atom is -0.369 e. The summed E-state index contributed by atoms with van der Waals surface area (Å²) in [6.45, 7) is 3.55. The summed E-state index contributed by atoms with van der Waals surface area (Å²) >= 11 is 0. The average Bonchev–Trinajstić information content (AvgIpc) is 2.55. The molecule has 0 aliphatic heterocycles. The Labute approximate surface area is 167 Å². The fourth-order valence-corrected chi connectivity index (χ4v) is 2.62. The average molecular weight is 480 g/mol. The summed E-state index contributed by atoms with van der Waals surface area (Å²) in [5, 5.41) is 19.0. The van der Waals surface area contributed by atoms with Crippen LogP contribution in [-0.2, 0) is 16.6 Å². The molecule has 0 atom stereocenters. The third-order valence-electron chi connectivity index (χ3n) is 5.07. The van der Waals surface area contributed by atoms with Gasteiger partial charge in [0.05, 0.1) is 0 Å². The number of hydrogen-bond donors (Lipinski definition) is 2. The van der Waals surface area contributed by atoms with Crippen LogP contribution in [0.25, 0.3) is 0 Å². The molecule has 180 valence electrons. The molecule has 0 aromatic heterocycles. The predicted molar refractivity (Wildman–Crippen MR) is 81.8 cm³/mol. The molecule has 0 bridgehead atoms. The summed E-state index contributed by atoms with van der Waals surface area (Å²) < 4.78 is 159. The Morgan fingerprint density at radius 2 is 0.774 bits per heavy atom. The molecule has 2 nitrogen and oxygen atoms in total. The van der Waals surface area contributed by atoms with Crippen LogP contribution in [0, 0.1) is 0 Å². The number of alkyl halides is 12. The SMILES string of the molecule is CCC(C)(C)c1cc(C(O)(C(F)(F)F)C(F)(F)F)cc(C(O)(C(F)(F)F)C(F)(F)F)c1. The molecule has 1 rings (SSSR count). The Kier molecular flexibility index (Phi) is 6.55. The Bertz CT molecular complexity index is 715. The molecule has 31 heavy (non-hydrogen) atoms. The van der Waals surface area contributed by atoms with Gasteiger partial charge in [-0.3, -0.25) is 0 Å². The standard InChI is InChI=1S/C17H16F12O2/c1-4-11(2,3)8-5-9(12(30,14(18,19)20)15(21,22)23)7-10(6-8)13(31,16(24,25)26)17(27,28)29/h5-7,30-31H,4H2,1-3H3. The van der Waals surface area contributed by atoms with Crippen LogP contribution < -0.4 is 0 Å². The zero-order valence-corrected chi connectivity index (χ0v) is 15.9. The highest BCUT2D eigenvalue weighted by Gasteiger charge is 2.74. The van der Waals surface area contributed by atoms with Gasteiger partial charge in [-0.15, -0.1) is 0 Å². The highest BCUT2D eigenvalue weighted by Crippen LogP contribution is 2.54. The first-order valence-electron chi connectivity index (χ1n) is 8.26. The smallest absolute Gasteiger partial charge is 0.369 e. The van der Waals surface area contributed by atoms with E-state index in [1.165, 1.54) is 6.92 Å². The normalized spacial score (nSPS) is 15.4. The third-order valence-corrected chi connectivity index (χ3v) is 5.07. The maximum atomic E-state index is 13.2. The molecule has 0 aliphatic rings. The molecule has 0 saturated heterocycles. The number of halogens is 12. The van der Waals surface area contributed by atoms with Crippen LogP contribution >= 0.6 is 0 Å². The van der Waals surface area contributed by atoms with E-state index in [9.17, 15) is 62.9 Å². The molecular formula is C17H16F12O2. The van der Waals surface area contributed by atoms with E-state index in [-0.39, 0.29) is 18.6 Å². The minimum absolute atomic E-state index is 0.0150. The largest absolute Gasteiger partial charge is 0.430 e. The van der Waals surface area contributed by atoms with Crippen LogP contribution in [0.2, 0.25) is 0 Å². The lowest BCUT2D eigenvalue weighted by Crippen LogP contribution is -2.56. The molecule has 2 N–H and O–H groups in total. The van der Waals surface area contributed by atoms with E-state index in [1.807, 2.05) is 0 Å². The van der Waals surface area contributed by atoms with E-state index in [4.69, 9.17) is 0 Å². The number of hydrogen-bond acceptors (Lipinski definition) is 2. The number of rotatable bonds is 4. The summed E-state index contributed by atoms with van der Waals surface area (Å²) in [7, 11) is 0. The van der Waals surface area contributed by atoms with Gasteiger partial charge in [-0.25, -0.2) is 0 Å². The first-order chi connectivity index (χ1) is 13.4. The summed E-state index contributed by atoms with van der Waals surface area (Å²) in [4.78, 5) is 0. The Hall–Kier alpha value is -1.70. The van der Waals surface area contributed by atoms with Gasteiger partial charge < -0.3 is 10.2 Å². The molecule has 0 unspecified atom stereocenters. The zero-order valence-electron chi connectivity index (χ0n) is 15.9. The lowest BCUT2D eigenvalue weighted by molar-refractivity contribution is -0.378. The van der Waals surface area contributed by atoms with Gasteiger partial charge in [-0.1, -0.05) is 32.9 Å². The second-order valence-corrected chi connectivity index (χ2v) is 7.45. The van der Waals surface area contributed by atoms with Crippen molar-refractivity contribution in [1.82, 2.24) is 0 Å². The van der Waals surface area contributed by atoms with Crippen molar-refractivity contribution in [2.45, 2.75) is 68.5 Å². The van der Waals surface area contributed by atoms with E-state index < -0.39 is 64.1 Å². The maximum Gasteiger partial charge on any atom is 0.430 e. The molecule has 14 heteroatoms. The van der Waals surface area contributed by atoms with Crippen molar-refractivity contribution in [1.29, 1.82) is 0 Å². The highest BCUT2D eigenvalue weighted by molar-refractivity contribution is 5.42. The second kappa shape index (κ2) is 7.42. The van der Waals surface area contributed by atoms with Crippen molar-refractivity contribution in [3.8, 4) is 0 Å². The Morgan fingerprint density at radius 3 is 0.968 bits per heavy atom. The minimum atomic E-state index is -6.58. The van der Waals surface area contributed by atoms with Gasteiger partial charge in [0.2, 0.25) is 0 Å². The van der Waals surface area contributed by atoms with Gasteiger partial charge in [0.25, 0.3) is 11.2 Å². The lowest BCUT2D eigenvalue weighted by atomic mass is 9.76. The molecule has 0 spiro atoms. The van der Waals surface area contributed by atoms with E-state index >= 15 is 0 Å². The third kappa shape index (κ3) is 4.32. The van der Waals surface area contributed by atoms with Crippen LogP contribution in [0.1, 0.15) is 43.9 Å². The Balaban J connectivity index is 4.23. The maximum absolute atomic E-state index is 13.2. The summed E-state index contributed by atoms with van der Waals surface area (Å²) in [6.07, 6.45) is -26.5. The van der Waals surface area contributed by atoms with E-state index in [2.05, 4.69) is 0 Å².